The SMILES string of the molecule is CC(=O)C1CN2C[C@@H](F)C[C@@]2(C)C1. The Kier molecular flexibility index (Phi) is 1.95. The number of hydrogen-bond donors (Lipinski definition) is 0. The molecule has 0 amide bonds. The van der Waals surface area contributed by atoms with Gasteiger partial charge < -0.3 is 0 Å². The lowest BCUT2D eigenvalue weighted by molar-refractivity contribution is -0.120. The van der Waals surface area contributed by atoms with Crippen molar-refractivity contribution in [1.29, 1.82) is 0 Å². The number of ketones is 1. The fourth-order valence-corrected chi connectivity index (χ4v) is 2.77. The second-order valence-electron chi connectivity index (χ2n) is 4.72. The normalized spacial score (nSPS) is 45.2. The van der Waals surface area contributed by atoms with Crippen LogP contribution in [0.1, 0.15) is 26.7 Å². The van der Waals surface area contributed by atoms with Gasteiger partial charge in [-0.05, 0) is 26.7 Å². The summed E-state index contributed by atoms with van der Waals surface area (Å²) < 4.78 is 13.1. The Morgan fingerprint density at radius 2 is 2.15 bits per heavy atom. The number of carbonyl (C=O) groups is 1. The van der Waals surface area contributed by atoms with Gasteiger partial charge in [-0.1, -0.05) is 0 Å². The molecule has 0 bridgehead atoms. The molecule has 2 heterocycles. The van der Waals surface area contributed by atoms with Gasteiger partial charge in [0.2, 0.25) is 0 Å². The molecule has 2 rings (SSSR count). The van der Waals surface area contributed by atoms with Gasteiger partial charge in [-0.15, -0.1) is 0 Å². The van der Waals surface area contributed by atoms with E-state index < -0.39 is 6.17 Å². The van der Waals surface area contributed by atoms with Crippen LogP contribution in [0.5, 0.6) is 0 Å². The van der Waals surface area contributed by atoms with Crippen LogP contribution in [0.4, 0.5) is 4.39 Å². The minimum absolute atomic E-state index is 0.0320. The Labute approximate surface area is 78.1 Å². The van der Waals surface area contributed by atoms with Crippen LogP contribution < -0.4 is 0 Å². The number of hydrogen-bond acceptors (Lipinski definition) is 2. The molecule has 2 aliphatic heterocycles. The molecule has 2 aliphatic rings. The van der Waals surface area contributed by atoms with Crippen LogP contribution in [0.25, 0.3) is 0 Å². The lowest BCUT2D eigenvalue weighted by Crippen LogP contribution is -2.34. The molecule has 0 aromatic carbocycles. The highest BCUT2D eigenvalue weighted by atomic mass is 19.1. The van der Waals surface area contributed by atoms with Crippen LogP contribution in [0.15, 0.2) is 0 Å². The Morgan fingerprint density at radius 1 is 1.46 bits per heavy atom. The third-order valence-electron chi connectivity index (χ3n) is 3.55. The van der Waals surface area contributed by atoms with Crippen molar-refractivity contribution in [3.8, 4) is 0 Å². The predicted molar refractivity (Wildman–Crippen MR) is 48.3 cm³/mol. The largest absolute Gasteiger partial charge is 0.300 e. The monoisotopic (exact) mass is 185 g/mol. The third kappa shape index (κ3) is 1.39. The first kappa shape index (κ1) is 9.13. The number of carbonyl (C=O) groups excluding carboxylic acids is 1. The molecule has 0 spiro atoms. The zero-order chi connectivity index (χ0) is 9.64. The van der Waals surface area contributed by atoms with E-state index in [2.05, 4.69) is 11.8 Å². The molecule has 0 aliphatic carbocycles. The standard InChI is InChI=1S/C10H16FNO/c1-7(13)8-3-10(2)4-9(11)6-12(10)5-8/h8-9H,3-6H2,1-2H3/t8?,9-,10+/m0/s1. The van der Waals surface area contributed by atoms with Crippen molar-refractivity contribution in [1.82, 2.24) is 4.90 Å². The summed E-state index contributed by atoms with van der Waals surface area (Å²) in [5, 5.41) is 0. The molecule has 13 heavy (non-hydrogen) atoms. The van der Waals surface area contributed by atoms with Crippen LogP contribution in [0, 0.1) is 5.92 Å². The summed E-state index contributed by atoms with van der Waals surface area (Å²) in [6.45, 7) is 5.02. The first-order valence-electron chi connectivity index (χ1n) is 4.91. The van der Waals surface area contributed by atoms with Gasteiger partial charge in [0.1, 0.15) is 12.0 Å². The molecule has 0 saturated carbocycles. The molecule has 0 aromatic rings. The minimum atomic E-state index is -0.682. The van der Waals surface area contributed by atoms with Gasteiger partial charge in [-0.2, -0.15) is 0 Å². The van der Waals surface area contributed by atoms with Crippen molar-refractivity contribution in [2.75, 3.05) is 13.1 Å². The zero-order valence-corrected chi connectivity index (χ0v) is 8.22. The highest BCUT2D eigenvalue weighted by molar-refractivity contribution is 5.79. The number of rotatable bonds is 1. The molecule has 3 heteroatoms. The quantitative estimate of drug-likeness (QED) is 0.615. The summed E-state index contributed by atoms with van der Waals surface area (Å²) >= 11 is 0. The van der Waals surface area contributed by atoms with E-state index in [1.807, 2.05) is 0 Å². The Morgan fingerprint density at radius 3 is 2.69 bits per heavy atom. The van der Waals surface area contributed by atoms with Gasteiger partial charge in [0, 0.05) is 24.5 Å². The van der Waals surface area contributed by atoms with Crippen LogP contribution in [0.3, 0.4) is 0 Å². The zero-order valence-electron chi connectivity index (χ0n) is 8.22. The second kappa shape index (κ2) is 2.77. The van der Waals surface area contributed by atoms with Crippen LogP contribution in [0.2, 0.25) is 0 Å². The van der Waals surface area contributed by atoms with Gasteiger partial charge in [-0.3, -0.25) is 9.69 Å². The molecule has 0 N–H and O–H groups in total. The number of Topliss-reactive ketones (excluding diaryl/α,β-unsaturated/α-hetero) is 1. The van der Waals surface area contributed by atoms with Gasteiger partial charge in [0.05, 0.1) is 0 Å². The second-order valence-corrected chi connectivity index (χ2v) is 4.72. The smallest absolute Gasteiger partial charge is 0.134 e. The van der Waals surface area contributed by atoms with Crippen molar-refractivity contribution in [3.63, 3.8) is 0 Å². The Bertz CT molecular complexity index is 243. The summed E-state index contributed by atoms with van der Waals surface area (Å²) in [5.74, 6) is 0.406. The minimum Gasteiger partial charge on any atom is -0.300 e. The topological polar surface area (TPSA) is 20.3 Å². The maximum absolute atomic E-state index is 13.1. The van der Waals surface area contributed by atoms with E-state index in [0.717, 1.165) is 13.0 Å². The molecule has 1 unspecified atom stereocenters. The van der Waals surface area contributed by atoms with E-state index in [0.29, 0.717) is 13.0 Å². The molecule has 3 atom stereocenters. The van der Waals surface area contributed by atoms with E-state index in [4.69, 9.17) is 0 Å². The molecule has 74 valence electrons. The maximum Gasteiger partial charge on any atom is 0.134 e. The molecule has 2 nitrogen and oxygen atoms in total. The molecule has 2 fully saturated rings. The highest BCUT2D eigenvalue weighted by Gasteiger charge is 2.49. The number of alkyl halides is 1. The van der Waals surface area contributed by atoms with Crippen molar-refractivity contribution in [3.05, 3.63) is 0 Å². The Balaban J connectivity index is 2.10. The van der Waals surface area contributed by atoms with Crippen molar-refractivity contribution in [2.24, 2.45) is 5.92 Å². The molecule has 0 radical (unpaired) electrons. The van der Waals surface area contributed by atoms with E-state index >= 15 is 0 Å². The van der Waals surface area contributed by atoms with E-state index in [1.54, 1.807) is 6.92 Å². The summed E-state index contributed by atoms with van der Waals surface area (Å²) in [5.41, 5.74) is -0.0320. The van der Waals surface area contributed by atoms with Gasteiger partial charge in [-0.25, -0.2) is 4.39 Å². The van der Waals surface area contributed by atoms with E-state index in [-0.39, 0.29) is 17.2 Å². The van der Waals surface area contributed by atoms with Crippen molar-refractivity contribution >= 4 is 5.78 Å². The average molecular weight is 185 g/mol. The lowest BCUT2D eigenvalue weighted by Gasteiger charge is -2.25. The van der Waals surface area contributed by atoms with Crippen LogP contribution >= 0.6 is 0 Å². The Hall–Kier alpha value is -0.440. The lowest BCUT2D eigenvalue weighted by atomic mass is 9.90. The van der Waals surface area contributed by atoms with Gasteiger partial charge in [0.15, 0.2) is 0 Å². The predicted octanol–water partition coefficient (Wildman–Crippen LogP) is 1.40. The third-order valence-corrected chi connectivity index (χ3v) is 3.55. The summed E-state index contributed by atoms with van der Waals surface area (Å²) in [6, 6.07) is 0. The highest BCUT2D eigenvalue weighted by Crippen LogP contribution is 2.42. The number of fused-ring (bicyclic) bond motifs is 1. The molecular formula is C10H16FNO. The fourth-order valence-electron chi connectivity index (χ4n) is 2.77. The first-order valence-corrected chi connectivity index (χ1v) is 4.91. The summed E-state index contributed by atoms with van der Waals surface area (Å²) in [6.07, 6.45) is 0.775. The first-order chi connectivity index (χ1) is 6.01. The molecule has 2 saturated heterocycles. The van der Waals surface area contributed by atoms with Gasteiger partial charge in [0.25, 0.3) is 0 Å². The van der Waals surface area contributed by atoms with Gasteiger partial charge >= 0.3 is 0 Å². The molecule has 0 aromatic heterocycles. The molecular weight excluding hydrogens is 169 g/mol. The number of nitrogens with zero attached hydrogens (tertiary/aromatic N) is 1. The summed E-state index contributed by atoms with van der Waals surface area (Å²) in [4.78, 5) is 13.3. The average Bonchev–Trinajstić information content (AvgIpc) is 2.38. The van der Waals surface area contributed by atoms with E-state index in [9.17, 15) is 9.18 Å². The summed E-state index contributed by atoms with van der Waals surface area (Å²) in [7, 11) is 0. The van der Waals surface area contributed by atoms with Crippen LogP contribution in [-0.2, 0) is 4.79 Å². The maximum atomic E-state index is 13.1. The van der Waals surface area contributed by atoms with Crippen molar-refractivity contribution in [2.45, 2.75) is 38.4 Å². The van der Waals surface area contributed by atoms with E-state index in [1.165, 1.54) is 0 Å². The fraction of sp³-hybridized carbons (Fsp3) is 0.900. The van der Waals surface area contributed by atoms with Crippen LogP contribution in [-0.4, -0.2) is 35.5 Å². The number of halogens is 1. The van der Waals surface area contributed by atoms with Crippen molar-refractivity contribution < 1.29 is 9.18 Å².